The van der Waals surface area contributed by atoms with Gasteiger partial charge < -0.3 is 13.7 Å². The fourth-order valence-electron chi connectivity index (χ4n) is 9.52. The molecule has 0 radical (unpaired) electrons. The van der Waals surface area contributed by atoms with Crippen LogP contribution in [0.2, 0.25) is 0 Å². The maximum Gasteiger partial charge on any atom is 0.0789 e. The van der Waals surface area contributed by atoms with E-state index in [2.05, 4.69) is 238 Å². The summed E-state index contributed by atoms with van der Waals surface area (Å²) in [5.41, 5.74) is 16.4. The van der Waals surface area contributed by atoms with Gasteiger partial charge in [-0.3, -0.25) is 0 Å². The second-order valence-corrected chi connectivity index (χ2v) is 15.3. The van der Waals surface area contributed by atoms with Crippen LogP contribution in [-0.2, 0) is 0 Å². The number of rotatable bonds is 6. The molecule has 0 aliphatic heterocycles. The lowest BCUT2D eigenvalue weighted by atomic mass is 9.98. The number of benzene rings is 9. The number of hydrogen-bond acceptors (Lipinski definition) is 0. The van der Waals surface area contributed by atoms with Crippen LogP contribution < -0.4 is 0 Å². The monoisotopic (exact) mass is 751 g/mol. The average molecular weight is 752 g/mol. The first-order valence-electron chi connectivity index (χ1n) is 20.3. The van der Waals surface area contributed by atoms with Crippen molar-refractivity contribution < 1.29 is 0 Å². The van der Waals surface area contributed by atoms with Gasteiger partial charge in [0, 0.05) is 49.6 Å². The van der Waals surface area contributed by atoms with Crippen LogP contribution in [0, 0.1) is 0 Å². The molecule has 0 atom stereocenters. The Morgan fingerprint density at radius 2 is 0.712 bits per heavy atom. The van der Waals surface area contributed by atoms with Crippen molar-refractivity contribution in [3.63, 3.8) is 0 Å². The lowest BCUT2D eigenvalue weighted by molar-refractivity contribution is 1.11. The van der Waals surface area contributed by atoms with Crippen LogP contribution in [0.5, 0.6) is 0 Å². The standard InChI is InChI=1S/C56H37N3/c1-5-18-38(19-6-1)41-32-33-47-45-28-13-15-30-50(45)57(52(47)36-41)43-26-17-27-44(37-43)58-51-31-16-14-29-46(51)48-34-35-49-53(39-20-7-2-8-21-39)54(40-22-9-3-10-23-40)59(56(49)55(48)58)42-24-11-4-12-25-42/h1-37H. The first-order valence-corrected chi connectivity index (χ1v) is 20.3. The van der Waals surface area contributed by atoms with Crippen molar-refractivity contribution in [2.24, 2.45) is 0 Å². The third-order valence-corrected chi connectivity index (χ3v) is 12.0. The van der Waals surface area contributed by atoms with Gasteiger partial charge in [0.05, 0.1) is 33.3 Å². The first-order chi connectivity index (χ1) is 29.3. The molecule has 0 saturated carbocycles. The van der Waals surface area contributed by atoms with E-state index < -0.39 is 0 Å². The molecule has 0 unspecified atom stereocenters. The fourth-order valence-corrected chi connectivity index (χ4v) is 9.52. The van der Waals surface area contributed by atoms with E-state index in [9.17, 15) is 0 Å². The number of hydrogen-bond donors (Lipinski definition) is 0. The molecule has 0 amide bonds. The van der Waals surface area contributed by atoms with E-state index in [0.717, 1.165) is 17.1 Å². The molecule has 59 heavy (non-hydrogen) atoms. The molecule has 3 heterocycles. The van der Waals surface area contributed by atoms with Crippen molar-refractivity contribution in [3.8, 4) is 50.6 Å². The number of fused-ring (bicyclic) bond motifs is 8. The summed E-state index contributed by atoms with van der Waals surface area (Å²) < 4.78 is 7.45. The molecule has 0 N–H and O–H groups in total. The van der Waals surface area contributed by atoms with Crippen LogP contribution in [0.4, 0.5) is 0 Å². The van der Waals surface area contributed by atoms with Crippen molar-refractivity contribution in [2.45, 2.75) is 0 Å². The zero-order chi connectivity index (χ0) is 38.9. The van der Waals surface area contributed by atoms with E-state index in [0.29, 0.717) is 0 Å². The van der Waals surface area contributed by atoms with Gasteiger partial charge in [-0.15, -0.1) is 0 Å². The van der Waals surface area contributed by atoms with Gasteiger partial charge in [0.25, 0.3) is 0 Å². The molecule has 0 spiro atoms. The molecule has 12 rings (SSSR count). The lowest BCUT2D eigenvalue weighted by Gasteiger charge is -2.16. The van der Waals surface area contributed by atoms with Crippen LogP contribution in [0.3, 0.4) is 0 Å². The summed E-state index contributed by atoms with van der Waals surface area (Å²) >= 11 is 0. The summed E-state index contributed by atoms with van der Waals surface area (Å²) in [6.45, 7) is 0. The van der Waals surface area contributed by atoms with Crippen LogP contribution in [0.15, 0.2) is 224 Å². The summed E-state index contributed by atoms with van der Waals surface area (Å²) in [5, 5.41) is 6.14. The zero-order valence-corrected chi connectivity index (χ0v) is 32.2. The van der Waals surface area contributed by atoms with Crippen LogP contribution >= 0.6 is 0 Å². The third-order valence-electron chi connectivity index (χ3n) is 12.0. The Hall–Kier alpha value is -7.88. The van der Waals surface area contributed by atoms with Crippen LogP contribution in [0.25, 0.3) is 105 Å². The zero-order valence-electron chi connectivity index (χ0n) is 32.2. The molecule has 276 valence electrons. The van der Waals surface area contributed by atoms with Crippen molar-refractivity contribution >= 4 is 54.5 Å². The summed E-state index contributed by atoms with van der Waals surface area (Å²) in [6.07, 6.45) is 0. The van der Waals surface area contributed by atoms with Crippen molar-refractivity contribution in [1.29, 1.82) is 0 Å². The topological polar surface area (TPSA) is 14.8 Å². The van der Waals surface area contributed by atoms with Gasteiger partial charge in [0.2, 0.25) is 0 Å². The lowest BCUT2D eigenvalue weighted by Crippen LogP contribution is -2.01. The Kier molecular flexibility index (Phi) is 7.54. The molecule has 3 aromatic heterocycles. The van der Waals surface area contributed by atoms with Gasteiger partial charge in [-0.1, -0.05) is 176 Å². The highest BCUT2D eigenvalue weighted by molar-refractivity contribution is 6.22. The Labute approximate surface area is 341 Å². The van der Waals surface area contributed by atoms with Gasteiger partial charge in [-0.25, -0.2) is 0 Å². The summed E-state index contributed by atoms with van der Waals surface area (Å²) in [4.78, 5) is 0. The fraction of sp³-hybridized carbons (Fsp3) is 0. The van der Waals surface area contributed by atoms with E-state index in [1.54, 1.807) is 0 Å². The molecule has 9 aromatic carbocycles. The Bertz CT molecular complexity index is 3520. The van der Waals surface area contributed by atoms with Crippen molar-refractivity contribution in [1.82, 2.24) is 13.7 Å². The molecule has 0 aliphatic rings. The molecule has 3 heteroatoms. The Balaban J connectivity index is 1.20. The molecule has 0 saturated heterocycles. The second kappa shape index (κ2) is 13.4. The van der Waals surface area contributed by atoms with Gasteiger partial charge in [0.15, 0.2) is 0 Å². The Morgan fingerprint density at radius 1 is 0.237 bits per heavy atom. The maximum absolute atomic E-state index is 2.51. The normalized spacial score (nSPS) is 11.7. The quantitative estimate of drug-likeness (QED) is 0.161. The van der Waals surface area contributed by atoms with Gasteiger partial charge in [0.1, 0.15) is 0 Å². The first kappa shape index (κ1) is 33.3. The summed E-state index contributed by atoms with van der Waals surface area (Å²) in [6, 6.07) is 81.7. The average Bonchev–Trinajstić information content (AvgIpc) is 3.96. The molecular weight excluding hydrogens is 715 g/mol. The molecule has 0 bridgehead atoms. The minimum Gasteiger partial charge on any atom is -0.309 e. The molecule has 3 nitrogen and oxygen atoms in total. The molecule has 0 fully saturated rings. The highest BCUT2D eigenvalue weighted by Gasteiger charge is 2.26. The largest absolute Gasteiger partial charge is 0.309 e. The minimum absolute atomic E-state index is 1.11. The van der Waals surface area contributed by atoms with E-state index in [1.807, 2.05) is 0 Å². The minimum atomic E-state index is 1.11. The highest BCUT2D eigenvalue weighted by atomic mass is 15.1. The predicted octanol–water partition coefficient (Wildman–Crippen LogP) is 14.8. The number of nitrogens with zero attached hydrogens (tertiary/aromatic N) is 3. The third kappa shape index (κ3) is 5.15. The SMILES string of the molecule is c1ccc(-c2ccc3c4ccccc4n(-c4cccc(-n5c6ccccc6c6ccc7c(-c8ccccc8)c(-c8ccccc8)n(-c8ccccc8)c7c65)c4)c3c2)cc1. The van der Waals surface area contributed by atoms with E-state index in [4.69, 9.17) is 0 Å². The highest BCUT2D eigenvalue weighted by Crippen LogP contribution is 2.47. The van der Waals surface area contributed by atoms with E-state index in [-0.39, 0.29) is 0 Å². The van der Waals surface area contributed by atoms with Crippen LogP contribution in [-0.4, -0.2) is 13.7 Å². The summed E-state index contributed by atoms with van der Waals surface area (Å²) in [5.74, 6) is 0. The Morgan fingerprint density at radius 3 is 1.41 bits per heavy atom. The molecular formula is C56H37N3. The van der Waals surface area contributed by atoms with Gasteiger partial charge in [-0.05, 0) is 70.8 Å². The van der Waals surface area contributed by atoms with Crippen molar-refractivity contribution in [2.75, 3.05) is 0 Å². The van der Waals surface area contributed by atoms with Crippen LogP contribution in [0.1, 0.15) is 0 Å². The number of para-hydroxylation sites is 3. The smallest absolute Gasteiger partial charge is 0.0789 e. The van der Waals surface area contributed by atoms with E-state index >= 15 is 0 Å². The van der Waals surface area contributed by atoms with Crippen molar-refractivity contribution in [3.05, 3.63) is 224 Å². The number of aromatic nitrogens is 3. The molecule has 12 aromatic rings. The van der Waals surface area contributed by atoms with Gasteiger partial charge >= 0.3 is 0 Å². The predicted molar refractivity (Wildman–Crippen MR) is 248 cm³/mol. The second-order valence-electron chi connectivity index (χ2n) is 15.3. The maximum atomic E-state index is 2.51. The molecule has 0 aliphatic carbocycles. The summed E-state index contributed by atoms with van der Waals surface area (Å²) in [7, 11) is 0. The van der Waals surface area contributed by atoms with E-state index in [1.165, 1.54) is 88.0 Å². The van der Waals surface area contributed by atoms with Gasteiger partial charge in [-0.2, -0.15) is 0 Å².